The minimum absolute atomic E-state index is 0.0847. The van der Waals surface area contributed by atoms with Crippen molar-refractivity contribution in [3.8, 4) is 5.75 Å². The molecule has 0 saturated carbocycles. The lowest BCUT2D eigenvalue weighted by atomic mass is 10.2. The number of hydrogen-bond acceptors (Lipinski definition) is 6. The zero-order valence-corrected chi connectivity index (χ0v) is 18.6. The van der Waals surface area contributed by atoms with Crippen LogP contribution in [-0.4, -0.2) is 50.2 Å². The average Bonchev–Trinajstić information content (AvgIpc) is 3.16. The van der Waals surface area contributed by atoms with Crippen molar-refractivity contribution in [2.45, 2.75) is 39.6 Å². The van der Waals surface area contributed by atoms with Gasteiger partial charge in [0.2, 0.25) is 0 Å². The van der Waals surface area contributed by atoms with E-state index in [4.69, 9.17) is 21.1 Å². The lowest BCUT2D eigenvalue weighted by Crippen LogP contribution is -2.44. The number of halogens is 1. The number of aromatic nitrogens is 4. The molecule has 0 bridgehead atoms. The molecule has 0 radical (unpaired) electrons. The Morgan fingerprint density at radius 3 is 2.48 bits per heavy atom. The number of aliphatic hydroxyl groups excluding tert-OH is 1. The molecule has 0 aliphatic heterocycles. The third-order valence-corrected chi connectivity index (χ3v) is 4.97. The second kappa shape index (κ2) is 10.1. The van der Waals surface area contributed by atoms with Crippen molar-refractivity contribution in [3.63, 3.8) is 0 Å². The first-order valence-electron chi connectivity index (χ1n) is 10.1. The molecule has 0 aliphatic carbocycles. The molecule has 0 unspecified atom stereocenters. The third-order valence-electron chi connectivity index (χ3n) is 4.72. The van der Waals surface area contributed by atoms with E-state index in [-0.39, 0.29) is 19.1 Å². The van der Waals surface area contributed by atoms with Gasteiger partial charge in [0, 0.05) is 25.2 Å². The maximum absolute atomic E-state index is 13.2. The number of nitrogens with zero attached hydrogens (tertiary/aromatic N) is 4. The van der Waals surface area contributed by atoms with Crippen LogP contribution in [0.5, 0.6) is 5.75 Å². The van der Waals surface area contributed by atoms with Crippen LogP contribution in [0, 0.1) is 5.92 Å². The maximum Gasteiger partial charge on any atom is 0.332 e. The highest BCUT2D eigenvalue weighted by atomic mass is 35.5. The van der Waals surface area contributed by atoms with E-state index in [0.717, 1.165) is 4.57 Å². The molecule has 1 N–H and O–H groups in total. The third kappa shape index (κ3) is 5.36. The number of methoxy groups -OCH3 is 1. The van der Waals surface area contributed by atoms with E-state index < -0.39 is 17.4 Å². The average molecular weight is 451 g/mol. The monoisotopic (exact) mass is 450 g/mol. The van der Waals surface area contributed by atoms with Gasteiger partial charge >= 0.3 is 5.69 Å². The highest BCUT2D eigenvalue weighted by Crippen LogP contribution is 2.16. The summed E-state index contributed by atoms with van der Waals surface area (Å²) in [5.41, 5.74) is -0.362. The Kier molecular flexibility index (Phi) is 7.53. The van der Waals surface area contributed by atoms with Gasteiger partial charge in [0.25, 0.3) is 5.56 Å². The molecule has 168 valence electrons. The highest BCUT2D eigenvalue weighted by Gasteiger charge is 2.20. The van der Waals surface area contributed by atoms with E-state index in [1.165, 1.54) is 10.9 Å². The fourth-order valence-corrected chi connectivity index (χ4v) is 3.40. The van der Waals surface area contributed by atoms with Gasteiger partial charge in [0.15, 0.2) is 11.2 Å². The molecule has 0 spiro atoms. The topological polar surface area (TPSA) is 101 Å². The summed E-state index contributed by atoms with van der Waals surface area (Å²) in [6.45, 7) is 4.88. The summed E-state index contributed by atoms with van der Waals surface area (Å²) in [5, 5.41) is 11.0. The van der Waals surface area contributed by atoms with Gasteiger partial charge in [-0.25, -0.2) is 9.78 Å². The molecule has 0 fully saturated rings. The standard InChI is InChI=1S/C21H27ClN4O5/c1-14(2)10-25-19-18(24(13-23-19)8-9-30-3)20(28)26(21(25)29)11-16(27)12-31-17-6-4-15(22)5-7-17/h4-7,13-14,16,27H,8-12H2,1-3H3/t16-/m1/s1. The van der Waals surface area contributed by atoms with Crippen LogP contribution in [0.2, 0.25) is 5.02 Å². The fraction of sp³-hybridized carbons (Fsp3) is 0.476. The zero-order valence-electron chi connectivity index (χ0n) is 17.8. The van der Waals surface area contributed by atoms with Crippen LogP contribution < -0.4 is 16.0 Å². The second-order valence-corrected chi connectivity index (χ2v) is 8.16. The Morgan fingerprint density at radius 2 is 1.84 bits per heavy atom. The molecule has 2 aromatic heterocycles. The van der Waals surface area contributed by atoms with Crippen molar-refractivity contribution >= 4 is 22.8 Å². The van der Waals surface area contributed by atoms with Crippen LogP contribution in [0.4, 0.5) is 0 Å². The number of benzene rings is 1. The van der Waals surface area contributed by atoms with E-state index >= 15 is 0 Å². The van der Waals surface area contributed by atoms with Crippen molar-refractivity contribution in [1.82, 2.24) is 18.7 Å². The Hall–Kier alpha value is -2.62. The smallest absolute Gasteiger partial charge is 0.332 e. The largest absolute Gasteiger partial charge is 0.491 e. The predicted molar refractivity (Wildman–Crippen MR) is 118 cm³/mol. The Balaban J connectivity index is 1.93. The molecule has 10 heteroatoms. The normalized spacial score (nSPS) is 12.6. The number of fused-ring (bicyclic) bond motifs is 1. The van der Waals surface area contributed by atoms with Gasteiger partial charge in [0.1, 0.15) is 18.5 Å². The zero-order chi connectivity index (χ0) is 22.5. The van der Waals surface area contributed by atoms with Crippen molar-refractivity contribution < 1.29 is 14.6 Å². The van der Waals surface area contributed by atoms with E-state index in [9.17, 15) is 14.7 Å². The number of rotatable bonds is 10. The van der Waals surface area contributed by atoms with E-state index in [1.54, 1.807) is 35.9 Å². The molecule has 1 aromatic carbocycles. The molecular formula is C21H27ClN4O5. The van der Waals surface area contributed by atoms with Gasteiger partial charge in [-0.2, -0.15) is 0 Å². The van der Waals surface area contributed by atoms with Crippen LogP contribution >= 0.6 is 11.6 Å². The van der Waals surface area contributed by atoms with E-state index in [0.29, 0.717) is 41.6 Å². The molecular weight excluding hydrogens is 424 g/mol. The molecule has 3 aromatic rings. The number of ether oxygens (including phenoxy) is 2. The minimum Gasteiger partial charge on any atom is -0.491 e. The van der Waals surface area contributed by atoms with Crippen molar-refractivity contribution in [3.05, 3.63) is 56.5 Å². The van der Waals surface area contributed by atoms with Crippen LogP contribution in [0.25, 0.3) is 11.2 Å². The van der Waals surface area contributed by atoms with Gasteiger partial charge in [-0.1, -0.05) is 25.4 Å². The van der Waals surface area contributed by atoms with Crippen LogP contribution in [0.15, 0.2) is 40.2 Å². The first-order chi connectivity index (χ1) is 14.8. The predicted octanol–water partition coefficient (Wildman–Crippen LogP) is 1.76. The number of imidazole rings is 1. The lowest BCUT2D eigenvalue weighted by molar-refractivity contribution is 0.0901. The molecule has 1 atom stereocenters. The highest BCUT2D eigenvalue weighted by molar-refractivity contribution is 6.30. The summed E-state index contributed by atoms with van der Waals surface area (Å²) in [5.74, 6) is 0.690. The Morgan fingerprint density at radius 1 is 1.13 bits per heavy atom. The number of hydrogen-bond donors (Lipinski definition) is 1. The van der Waals surface area contributed by atoms with Crippen LogP contribution in [-0.2, 0) is 24.4 Å². The molecule has 0 amide bonds. The van der Waals surface area contributed by atoms with E-state index in [2.05, 4.69) is 4.98 Å². The molecule has 0 saturated heterocycles. The van der Waals surface area contributed by atoms with E-state index in [1.807, 2.05) is 13.8 Å². The van der Waals surface area contributed by atoms with Crippen LogP contribution in [0.1, 0.15) is 13.8 Å². The van der Waals surface area contributed by atoms with Gasteiger partial charge in [-0.3, -0.25) is 13.9 Å². The van der Waals surface area contributed by atoms with Gasteiger partial charge in [0.05, 0.1) is 19.5 Å². The van der Waals surface area contributed by atoms with Crippen molar-refractivity contribution in [1.29, 1.82) is 0 Å². The summed E-state index contributed by atoms with van der Waals surface area (Å²) in [4.78, 5) is 30.6. The molecule has 2 heterocycles. The number of aliphatic hydroxyl groups is 1. The van der Waals surface area contributed by atoms with Gasteiger partial charge in [-0.15, -0.1) is 0 Å². The van der Waals surface area contributed by atoms with Crippen molar-refractivity contribution in [2.75, 3.05) is 20.3 Å². The summed E-state index contributed by atoms with van der Waals surface area (Å²) < 4.78 is 14.9. The second-order valence-electron chi connectivity index (χ2n) is 7.72. The molecule has 31 heavy (non-hydrogen) atoms. The van der Waals surface area contributed by atoms with Crippen LogP contribution in [0.3, 0.4) is 0 Å². The molecule has 3 rings (SSSR count). The summed E-state index contributed by atoms with van der Waals surface area (Å²) in [6.07, 6.45) is 0.465. The Labute approximate surface area is 184 Å². The SMILES string of the molecule is COCCn1cnc2c1c(=O)n(C[C@@H](O)COc1ccc(Cl)cc1)c(=O)n2CC(C)C. The quantitative estimate of drug-likeness (QED) is 0.505. The minimum atomic E-state index is -1.07. The van der Waals surface area contributed by atoms with Gasteiger partial charge in [-0.05, 0) is 30.2 Å². The summed E-state index contributed by atoms with van der Waals surface area (Å²) in [7, 11) is 1.57. The fourth-order valence-electron chi connectivity index (χ4n) is 3.28. The first kappa shape index (κ1) is 23.1. The lowest BCUT2D eigenvalue weighted by Gasteiger charge is -2.17. The summed E-state index contributed by atoms with van der Waals surface area (Å²) in [6, 6.07) is 6.70. The van der Waals surface area contributed by atoms with Gasteiger partial charge < -0.3 is 19.1 Å². The first-order valence-corrected chi connectivity index (χ1v) is 10.4. The van der Waals surface area contributed by atoms with Crippen molar-refractivity contribution in [2.24, 2.45) is 5.92 Å². The molecule has 9 nitrogen and oxygen atoms in total. The Bertz CT molecular complexity index is 1130. The molecule has 0 aliphatic rings. The maximum atomic E-state index is 13.2. The summed E-state index contributed by atoms with van der Waals surface area (Å²) >= 11 is 5.86.